The fraction of sp³-hybridized carbons (Fsp3) is 0.500. The molecule has 29 heavy (non-hydrogen) atoms. The molecule has 2 amide bonds. The highest BCUT2D eigenvalue weighted by molar-refractivity contribution is 5.74. The van der Waals surface area contributed by atoms with Gasteiger partial charge >= 0.3 is 6.03 Å². The van der Waals surface area contributed by atoms with Gasteiger partial charge in [0.25, 0.3) is 0 Å². The number of carbonyl (C=O) groups is 1. The Bertz CT molecular complexity index is 775. The van der Waals surface area contributed by atoms with Crippen LogP contribution < -0.4 is 15.5 Å². The van der Waals surface area contributed by atoms with E-state index in [2.05, 4.69) is 72.5 Å². The molecule has 2 heterocycles. The smallest absolute Gasteiger partial charge is 0.315 e. The lowest BCUT2D eigenvalue weighted by Crippen LogP contribution is -2.42. The van der Waals surface area contributed by atoms with E-state index in [1.165, 1.54) is 12.8 Å². The first kappa shape index (κ1) is 21.2. The molecule has 5 nitrogen and oxygen atoms in total. The summed E-state index contributed by atoms with van der Waals surface area (Å²) < 4.78 is 0. The molecule has 1 aromatic carbocycles. The minimum atomic E-state index is -0.164. The Morgan fingerprint density at radius 2 is 1.83 bits per heavy atom. The molecule has 0 spiro atoms. The van der Waals surface area contributed by atoms with Crippen LogP contribution >= 0.6 is 0 Å². The van der Waals surface area contributed by atoms with Crippen LogP contribution in [0.1, 0.15) is 57.7 Å². The Labute approximate surface area is 174 Å². The minimum absolute atomic E-state index is 0.0642. The first-order chi connectivity index (χ1) is 13.8. The Balaban J connectivity index is 1.54. The van der Waals surface area contributed by atoms with Gasteiger partial charge in [0.1, 0.15) is 5.82 Å². The van der Waals surface area contributed by atoms with Gasteiger partial charge in [-0.25, -0.2) is 9.78 Å². The summed E-state index contributed by atoms with van der Waals surface area (Å²) in [6, 6.07) is 14.0. The fourth-order valence-electron chi connectivity index (χ4n) is 3.76. The number of carbonyl (C=O) groups excluding carboxylic acids is 1. The maximum Gasteiger partial charge on any atom is 0.315 e. The molecule has 1 aliphatic rings. The maximum absolute atomic E-state index is 12.5. The summed E-state index contributed by atoms with van der Waals surface area (Å²) in [5.41, 5.74) is 2.02. The number of benzene rings is 1. The molecule has 3 rings (SSSR count). The van der Waals surface area contributed by atoms with E-state index in [9.17, 15) is 4.79 Å². The molecular formula is C24H34N4O. The number of piperidine rings is 1. The van der Waals surface area contributed by atoms with Crippen molar-refractivity contribution in [2.75, 3.05) is 18.0 Å². The Kier molecular flexibility index (Phi) is 6.78. The molecule has 0 bridgehead atoms. The molecule has 5 heteroatoms. The van der Waals surface area contributed by atoms with Crippen molar-refractivity contribution in [1.82, 2.24) is 15.6 Å². The molecule has 1 aliphatic heterocycles. The van der Waals surface area contributed by atoms with Gasteiger partial charge in [-0.3, -0.25) is 0 Å². The molecule has 1 unspecified atom stereocenters. The van der Waals surface area contributed by atoms with Gasteiger partial charge in [-0.05, 0) is 41.4 Å². The van der Waals surface area contributed by atoms with Crippen LogP contribution in [0.5, 0.6) is 0 Å². The summed E-state index contributed by atoms with van der Waals surface area (Å²) in [5.74, 6) is 1.84. The third kappa shape index (κ3) is 5.96. The van der Waals surface area contributed by atoms with Gasteiger partial charge in [0.2, 0.25) is 0 Å². The van der Waals surface area contributed by atoms with E-state index in [0.717, 1.165) is 36.0 Å². The predicted molar refractivity (Wildman–Crippen MR) is 119 cm³/mol. The zero-order valence-corrected chi connectivity index (χ0v) is 18.1. The fourth-order valence-corrected chi connectivity index (χ4v) is 3.76. The van der Waals surface area contributed by atoms with Crippen LogP contribution in [-0.4, -0.2) is 24.1 Å². The zero-order chi connectivity index (χ0) is 20.9. The number of rotatable bonds is 5. The molecule has 0 radical (unpaired) electrons. The van der Waals surface area contributed by atoms with Gasteiger partial charge in [0.05, 0.1) is 6.04 Å². The number of urea groups is 1. The lowest BCUT2D eigenvalue weighted by molar-refractivity contribution is 0.218. The van der Waals surface area contributed by atoms with E-state index >= 15 is 0 Å². The third-order valence-corrected chi connectivity index (χ3v) is 5.64. The molecule has 1 atom stereocenters. The quantitative estimate of drug-likeness (QED) is 0.758. The summed E-state index contributed by atoms with van der Waals surface area (Å²) in [4.78, 5) is 19.5. The number of aromatic nitrogens is 1. The number of pyridine rings is 1. The van der Waals surface area contributed by atoms with Gasteiger partial charge < -0.3 is 15.5 Å². The van der Waals surface area contributed by atoms with Crippen molar-refractivity contribution in [1.29, 1.82) is 0 Å². The van der Waals surface area contributed by atoms with E-state index in [-0.39, 0.29) is 17.5 Å². The third-order valence-electron chi connectivity index (χ3n) is 5.64. The van der Waals surface area contributed by atoms with Gasteiger partial charge in [-0.1, -0.05) is 64.1 Å². The lowest BCUT2D eigenvalue weighted by Gasteiger charge is -2.32. The van der Waals surface area contributed by atoms with Crippen LogP contribution in [0.25, 0.3) is 0 Å². The molecule has 156 valence electrons. The molecule has 0 saturated carbocycles. The molecule has 1 saturated heterocycles. The average Bonchev–Trinajstić information content (AvgIpc) is 2.71. The normalized spacial score (nSPS) is 16.3. The summed E-state index contributed by atoms with van der Waals surface area (Å²) in [7, 11) is 0. The number of nitrogens with zero attached hydrogens (tertiary/aromatic N) is 2. The van der Waals surface area contributed by atoms with E-state index in [1.807, 2.05) is 24.4 Å². The molecular weight excluding hydrogens is 360 g/mol. The highest BCUT2D eigenvalue weighted by Crippen LogP contribution is 2.32. The van der Waals surface area contributed by atoms with Crippen molar-refractivity contribution >= 4 is 11.8 Å². The van der Waals surface area contributed by atoms with E-state index in [1.54, 1.807) is 0 Å². The van der Waals surface area contributed by atoms with Crippen molar-refractivity contribution in [3.05, 3.63) is 59.8 Å². The first-order valence-electron chi connectivity index (χ1n) is 10.6. The van der Waals surface area contributed by atoms with Gasteiger partial charge in [0.15, 0.2) is 0 Å². The SMILES string of the molecule is CC1CCN(c2ccc(CNC(=O)NC(c3ccccc3)C(C)(C)C)cn2)CC1. The van der Waals surface area contributed by atoms with Crippen LogP contribution in [-0.2, 0) is 6.54 Å². The second kappa shape index (κ2) is 9.29. The molecule has 0 aliphatic carbocycles. The second-order valence-electron chi connectivity index (χ2n) is 9.23. The Morgan fingerprint density at radius 1 is 1.14 bits per heavy atom. The molecule has 2 aromatic rings. The summed E-state index contributed by atoms with van der Waals surface area (Å²) in [5, 5.41) is 6.10. The largest absolute Gasteiger partial charge is 0.357 e. The molecule has 2 N–H and O–H groups in total. The van der Waals surface area contributed by atoms with Crippen molar-refractivity contribution in [2.45, 2.75) is 53.1 Å². The predicted octanol–water partition coefficient (Wildman–Crippen LogP) is 4.90. The van der Waals surface area contributed by atoms with Crippen LogP contribution in [0.2, 0.25) is 0 Å². The van der Waals surface area contributed by atoms with Crippen molar-refractivity contribution in [2.24, 2.45) is 11.3 Å². The van der Waals surface area contributed by atoms with E-state index in [4.69, 9.17) is 0 Å². The zero-order valence-electron chi connectivity index (χ0n) is 18.1. The number of nitrogens with one attached hydrogen (secondary N) is 2. The molecule has 1 fully saturated rings. The highest BCUT2D eigenvalue weighted by Gasteiger charge is 2.27. The number of hydrogen-bond donors (Lipinski definition) is 2. The summed E-state index contributed by atoms with van der Waals surface area (Å²) in [6.45, 7) is 11.3. The first-order valence-corrected chi connectivity index (χ1v) is 10.6. The van der Waals surface area contributed by atoms with Gasteiger partial charge in [-0.15, -0.1) is 0 Å². The van der Waals surface area contributed by atoms with Crippen LogP contribution in [0, 0.1) is 11.3 Å². The topological polar surface area (TPSA) is 57.3 Å². The summed E-state index contributed by atoms with van der Waals surface area (Å²) >= 11 is 0. The summed E-state index contributed by atoms with van der Waals surface area (Å²) in [6.07, 6.45) is 4.31. The van der Waals surface area contributed by atoms with E-state index < -0.39 is 0 Å². The number of hydrogen-bond acceptors (Lipinski definition) is 3. The average molecular weight is 395 g/mol. The van der Waals surface area contributed by atoms with Crippen molar-refractivity contribution < 1.29 is 4.79 Å². The lowest BCUT2D eigenvalue weighted by atomic mass is 9.82. The van der Waals surface area contributed by atoms with E-state index in [0.29, 0.717) is 6.54 Å². The monoisotopic (exact) mass is 394 g/mol. The second-order valence-corrected chi connectivity index (χ2v) is 9.23. The number of anilines is 1. The molecule has 1 aromatic heterocycles. The van der Waals surface area contributed by atoms with Crippen molar-refractivity contribution in [3.63, 3.8) is 0 Å². The Hall–Kier alpha value is -2.56. The van der Waals surface area contributed by atoms with Crippen LogP contribution in [0.3, 0.4) is 0 Å². The van der Waals surface area contributed by atoms with Gasteiger partial charge in [0, 0.05) is 25.8 Å². The maximum atomic E-state index is 12.5. The van der Waals surface area contributed by atoms with Crippen LogP contribution in [0.15, 0.2) is 48.7 Å². The Morgan fingerprint density at radius 3 is 2.41 bits per heavy atom. The van der Waals surface area contributed by atoms with Crippen LogP contribution in [0.4, 0.5) is 10.6 Å². The number of amides is 2. The highest BCUT2D eigenvalue weighted by atomic mass is 16.2. The standard InChI is InChI=1S/C24H34N4O/c1-18-12-14-28(15-13-18)21-11-10-19(16-25-21)17-26-23(29)27-22(24(2,3)4)20-8-6-5-7-9-20/h5-11,16,18,22H,12-15,17H2,1-4H3,(H2,26,27,29). The minimum Gasteiger partial charge on any atom is -0.357 e. The van der Waals surface area contributed by atoms with Crippen molar-refractivity contribution in [3.8, 4) is 0 Å². The van der Waals surface area contributed by atoms with Gasteiger partial charge in [-0.2, -0.15) is 0 Å².